The summed E-state index contributed by atoms with van der Waals surface area (Å²) in [5.74, 6) is 0.152. The van der Waals surface area contributed by atoms with E-state index in [2.05, 4.69) is 15.0 Å². The van der Waals surface area contributed by atoms with Gasteiger partial charge in [-0.2, -0.15) is 0 Å². The molecule has 1 aliphatic rings. The molecule has 1 fully saturated rings. The number of nitrogens with zero attached hydrogens (tertiary/aromatic N) is 3. The van der Waals surface area contributed by atoms with E-state index in [0.717, 1.165) is 13.1 Å². The van der Waals surface area contributed by atoms with Gasteiger partial charge in [0.1, 0.15) is 18.2 Å². The molecule has 0 saturated carbocycles. The molecule has 0 radical (unpaired) electrons. The zero-order chi connectivity index (χ0) is 16.9. The maximum Gasteiger partial charge on any atom is 0.261 e. The molecular weight excluding hydrogens is 353 g/mol. The smallest absolute Gasteiger partial charge is 0.261 e. The molecular formula is C16H19Cl2N3O3. The Morgan fingerprint density at radius 3 is 2.96 bits per heavy atom. The summed E-state index contributed by atoms with van der Waals surface area (Å²) < 4.78 is 5.48. The molecule has 24 heavy (non-hydrogen) atoms. The number of likely N-dealkylation sites (tertiary alicyclic amines) is 1. The first-order chi connectivity index (χ1) is 11.6. The van der Waals surface area contributed by atoms with Crippen LogP contribution in [0, 0.1) is 0 Å². The number of rotatable bonds is 6. The number of hydrogen-bond donors (Lipinski definition) is 1. The first-order valence-corrected chi connectivity index (χ1v) is 8.70. The van der Waals surface area contributed by atoms with Crippen molar-refractivity contribution in [1.82, 2.24) is 9.88 Å². The van der Waals surface area contributed by atoms with Crippen molar-refractivity contribution in [3.63, 3.8) is 0 Å². The summed E-state index contributed by atoms with van der Waals surface area (Å²) in [4.78, 5) is 11.6. The van der Waals surface area contributed by atoms with Gasteiger partial charge >= 0.3 is 0 Å². The Morgan fingerprint density at radius 2 is 2.17 bits per heavy atom. The number of aliphatic hydroxyl groups is 1. The summed E-state index contributed by atoms with van der Waals surface area (Å²) in [6, 6.07) is 5.09. The molecule has 1 aromatic heterocycles. The second-order valence-corrected chi connectivity index (χ2v) is 6.62. The maximum absolute atomic E-state index is 10.00. The number of aromatic nitrogens is 1. The van der Waals surface area contributed by atoms with Crippen LogP contribution in [-0.2, 0) is 4.84 Å². The van der Waals surface area contributed by atoms with Crippen LogP contribution in [0.3, 0.4) is 0 Å². The minimum absolute atomic E-state index is 0.00695. The number of aliphatic hydroxyl groups excluding tert-OH is 1. The molecule has 1 aliphatic heterocycles. The summed E-state index contributed by atoms with van der Waals surface area (Å²) >= 11 is 11.9. The summed E-state index contributed by atoms with van der Waals surface area (Å²) in [6.07, 6.45) is 3.01. The van der Waals surface area contributed by atoms with Crippen molar-refractivity contribution in [2.24, 2.45) is 5.16 Å². The average Bonchev–Trinajstić information content (AvgIpc) is 2.99. The fourth-order valence-electron chi connectivity index (χ4n) is 2.70. The van der Waals surface area contributed by atoms with Crippen molar-refractivity contribution < 1.29 is 14.4 Å². The quantitative estimate of drug-likeness (QED) is 0.623. The maximum atomic E-state index is 10.00. The molecule has 2 aromatic rings. The van der Waals surface area contributed by atoms with E-state index in [1.54, 1.807) is 18.2 Å². The van der Waals surface area contributed by atoms with Crippen LogP contribution in [-0.4, -0.2) is 52.5 Å². The molecule has 0 amide bonds. The first kappa shape index (κ1) is 17.5. The van der Waals surface area contributed by atoms with Gasteiger partial charge in [-0.3, -0.25) is 0 Å². The largest absolute Gasteiger partial charge is 0.434 e. The lowest BCUT2D eigenvalue weighted by atomic mass is 10.1. The Morgan fingerprint density at radius 1 is 1.38 bits per heavy atom. The molecule has 1 unspecified atom stereocenters. The number of β-amino-alcohol motifs (C(OH)–C–C–N with tert-alkyl or cyclic N) is 1. The number of benzene rings is 1. The first-order valence-electron chi connectivity index (χ1n) is 7.94. The van der Waals surface area contributed by atoms with E-state index in [1.165, 1.54) is 19.3 Å². The number of oxazole rings is 1. The highest BCUT2D eigenvalue weighted by Crippen LogP contribution is 2.21. The minimum Gasteiger partial charge on any atom is -0.434 e. The Labute approximate surface area is 150 Å². The van der Waals surface area contributed by atoms with Gasteiger partial charge in [0, 0.05) is 11.6 Å². The normalized spacial score (nSPS) is 18.0. The monoisotopic (exact) mass is 371 g/mol. The molecule has 2 heterocycles. The minimum atomic E-state index is -0.612. The standard InChI is InChI=1S/C16H19Cl2N3O3/c17-11-4-5-14-13(8-11)19-16(24-14)15(18)20-23-10-12(22)9-21-6-2-1-3-7-21/h4-5,8,12,22H,1-3,6-7,9-10H2/b20-15-. The molecule has 0 bridgehead atoms. The van der Waals surface area contributed by atoms with E-state index in [-0.39, 0.29) is 17.7 Å². The number of fused-ring (bicyclic) bond motifs is 1. The van der Waals surface area contributed by atoms with Gasteiger partial charge in [0.15, 0.2) is 5.58 Å². The van der Waals surface area contributed by atoms with E-state index in [1.807, 2.05) is 0 Å². The number of oxime groups is 1. The topological polar surface area (TPSA) is 71.1 Å². The van der Waals surface area contributed by atoms with Crippen molar-refractivity contribution in [2.45, 2.75) is 25.4 Å². The second kappa shape index (κ2) is 8.16. The van der Waals surface area contributed by atoms with Crippen molar-refractivity contribution in [2.75, 3.05) is 26.2 Å². The zero-order valence-electron chi connectivity index (χ0n) is 13.1. The van der Waals surface area contributed by atoms with E-state index >= 15 is 0 Å². The number of piperidine rings is 1. The highest BCUT2D eigenvalue weighted by Gasteiger charge is 2.16. The Bertz CT molecular complexity index is 714. The van der Waals surface area contributed by atoms with Crippen molar-refractivity contribution in [3.05, 3.63) is 29.1 Å². The van der Waals surface area contributed by atoms with Crippen LogP contribution in [0.1, 0.15) is 25.2 Å². The van der Waals surface area contributed by atoms with Gasteiger partial charge in [-0.15, -0.1) is 0 Å². The molecule has 6 nitrogen and oxygen atoms in total. The highest BCUT2D eigenvalue weighted by atomic mass is 35.5. The fourth-order valence-corrected chi connectivity index (χ4v) is 3.00. The van der Waals surface area contributed by atoms with Crippen LogP contribution in [0.15, 0.2) is 27.8 Å². The lowest BCUT2D eigenvalue weighted by Gasteiger charge is -2.27. The third kappa shape index (κ3) is 4.60. The van der Waals surface area contributed by atoms with Crippen LogP contribution in [0.4, 0.5) is 0 Å². The van der Waals surface area contributed by atoms with Crippen molar-refractivity contribution >= 4 is 39.5 Å². The van der Waals surface area contributed by atoms with Gasteiger partial charge in [0.2, 0.25) is 5.17 Å². The zero-order valence-corrected chi connectivity index (χ0v) is 14.6. The predicted octanol–water partition coefficient (Wildman–Crippen LogP) is 3.25. The third-order valence-corrected chi connectivity index (χ3v) is 4.32. The third-order valence-electron chi connectivity index (χ3n) is 3.86. The Balaban J connectivity index is 1.53. The molecule has 8 heteroatoms. The lowest BCUT2D eigenvalue weighted by molar-refractivity contribution is 0.0160. The van der Waals surface area contributed by atoms with Crippen molar-refractivity contribution in [1.29, 1.82) is 0 Å². The summed E-state index contributed by atoms with van der Waals surface area (Å²) in [6.45, 7) is 2.69. The van der Waals surface area contributed by atoms with Crippen molar-refractivity contribution in [3.8, 4) is 0 Å². The van der Waals surface area contributed by atoms with Gasteiger partial charge in [-0.25, -0.2) is 4.98 Å². The van der Waals surface area contributed by atoms with Crippen LogP contribution in [0.5, 0.6) is 0 Å². The molecule has 0 spiro atoms. The van der Waals surface area contributed by atoms with Crippen LogP contribution < -0.4 is 0 Å². The predicted molar refractivity (Wildman–Crippen MR) is 93.7 cm³/mol. The Hall–Kier alpha value is -1.34. The van der Waals surface area contributed by atoms with E-state index < -0.39 is 6.10 Å². The fraction of sp³-hybridized carbons (Fsp3) is 0.500. The number of halogens is 2. The Kier molecular flexibility index (Phi) is 5.94. The molecule has 1 saturated heterocycles. The summed E-state index contributed by atoms with van der Waals surface area (Å²) in [7, 11) is 0. The highest BCUT2D eigenvalue weighted by molar-refractivity contribution is 6.68. The van der Waals surface area contributed by atoms with Gasteiger partial charge in [0.05, 0.1) is 0 Å². The summed E-state index contributed by atoms with van der Waals surface area (Å²) in [5, 5.41) is 14.3. The summed E-state index contributed by atoms with van der Waals surface area (Å²) in [5.41, 5.74) is 1.16. The van der Waals surface area contributed by atoms with Crippen LogP contribution in [0.2, 0.25) is 5.02 Å². The van der Waals surface area contributed by atoms with Gasteiger partial charge in [0.25, 0.3) is 5.89 Å². The molecule has 130 valence electrons. The number of hydrogen-bond acceptors (Lipinski definition) is 6. The second-order valence-electron chi connectivity index (χ2n) is 5.82. The van der Waals surface area contributed by atoms with Gasteiger partial charge in [-0.1, -0.05) is 34.8 Å². The molecule has 1 N–H and O–H groups in total. The molecule has 3 rings (SSSR count). The molecule has 1 aromatic carbocycles. The van der Waals surface area contributed by atoms with E-state index in [0.29, 0.717) is 22.7 Å². The molecule has 0 aliphatic carbocycles. The van der Waals surface area contributed by atoms with Crippen LogP contribution >= 0.6 is 23.2 Å². The SMILES string of the molecule is OC(CO/N=C(\Cl)c1nc2cc(Cl)ccc2o1)CN1CCCCC1. The van der Waals surface area contributed by atoms with Crippen LogP contribution in [0.25, 0.3) is 11.1 Å². The van der Waals surface area contributed by atoms with Gasteiger partial charge < -0.3 is 19.3 Å². The average molecular weight is 372 g/mol. The lowest BCUT2D eigenvalue weighted by Crippen LogP contribution is -2.38. The van der Waals surface area contributed by atoms with E-state index in [9.17, 15) is 5.11 Å². The molecule has 1 atom stereocenters. The van der Waals surface area contributed by atoms with E-state index in [4.69, 9.17) is 32.5 Å². The van der Waals surface area contributed by atoms with Gasteiger partial charge in [-0.05, 0) is 44.1 Å².